The second-order valence-corrected chi connectivity index (χ2v) is 3.45. The van der Waals surface area contributed by atoms with Gasteiger partial charge in [-0.2, -0.15) is 0 Å². The molecule has 5 nitrogen and oxygen atoms in total. The molecule has 76 valence electrons. The zero-order valence-corrected chi connectivity index (χ0v) is 7.64. The van der Waals surface area contributed by atoms with Crippen molar-refractivity contribution in [1.29, 1.82) is 0 Å². The molecule has 13 heavy (non-hydrogen) atoms. The Bertz CT molecular complexity index is 191. The molecule has 0 aromatic carbocycles. The van der Waals surface area contributed by atoms with E-state index in [1.807, 2.05) is 0 Å². The Balaban J connectivity index is 2.68. The largest absolute Gasteiger partial charge is 0.394 e. The molecule has 0 aromatic heterocycles. The van der Waals surface area contributed by atoms with Crippen LogP contribution in [0.25, 0.3) is 0 Å². The van der Waals surface area contributed by atoms with Crippen molar-refractivity contribution in [2.24, 2.45) is 0 Å². The normalized spacial score (nSPS) is 34.5. The Morgan fingerprint density at radius 1 is 1.54 bits per heavy atom. The smallest absolute Gasteiger partial charge is 0.164 e. The SMILES string of the molecule is CC1(C)O[C@@H](C=O)[C@@H](C(O)CO)O1. The molecule has 0 aliphatic carbocycles. The third-order valence-corrected chi connectivity index (χ3v) is 1.86. The fourth-order valence-corrected chi connectivity index (χ4v) is 1.32. The van der Waals surface area contributed by atoms with Crippen molar-refractivity contribution in [3.05, 3.63) is 0 Å². The number of aliphatic hydroxyl groups excluding tert-OH is 2. The maximum atomic E-state index is 10.5. The van der Waals surface area contributed by atoms with E-state index in [-0.39, 0.29) is 0 Å². The van der Waals surface area contributed by atoms with Gasteiger partial charge >= 0.3 is 0 Å². The number of carbonyl (C=O) groups excluding carboxylic acids is 1. The molecule has 0 amide bonds. The molecule has 0 aromatic rings. The first-order valence-electron chi connectivity index (χ1n) is 4.10. The summed E-state index contributed by atoms with van der Waals surface area (Å²) >= 11 is 0. The third kappa shape index (κ3) is 2.25. The average Bonchev–Trinajstić information content (AvgIpc) is 2.39. The van der Waals surface area contributed by atoms with Gasteiger partial charge in [0.2, 0.25) is 0 Å². The van der Waals surface area contributed by atoms with Crippen molar-refractivity contribution in [3.63, 3.8) is 0 Å². The van der Waals surface area contributed by atoms with Crippen molar-refractivity contribution < 1.29 is 24.5 Å². The van der Waals surface area contributed by atoms with E-state index in [0.717, 1.165) is 0 Å². The van der Waals surface area contributed by atoms with E-state index in [0.29, 0.717) is 6.29 Å². The lowest BCUT2D eigenvalue weighted by molar-refractivity contribution is -0.158. The van der Waals surface area contributed by atoms with Gasteiger partial charge in [-0.1, -0.05) is 0 Å². The van der Waals surface area contributed by atoms with Crippen LogP contribution in [0.5, 0.6) is 0 Å². The van der Waals surface area contributed by atoms with Gasteiger partial charge in [0.1, 0.15) is 18.3 Å². The van der Waals surface area contributed by atoms with Crippen LogP contribution >= 0.6 is 0 Å². The summed E-state index contributed by atoms with van der Waals surface area (Å²) in [4.78, 5) is 10.5. The zero-order chi connectivity index (χ0) is 10.1. The van der Waals surface area contributed by atoms with Gasteiger partial charge in [-0.15, -0.1) is 0 Å². The van der Waals surface area contributed by atoms with Crippen molar-refractivity contribution in [3.8, 4) is 0 Å². The number of hydrogen-bond acceptors (Lipinski definition) is 5. The lowest BCUT2D eigenvalue weighted by Crippen LogP contribution is -2.38. The third-order valence-electron chi connectivity index (χ3n) is 1.86. The van der Waals surface area contributed by atoms with E-state index in [2.05, 4.69) is 0 Å². The average molecular weight is 190 g/mol. The molecular formula is C8H14O5. The van der Waals surface area contributed by atoms with Gasteiger partial charge in [-0.25, -0.2) is 0 Å². The Morgan fingerprint density at radius 3 is 2.62 bits per heavy atom. The minimum absolute atomic E-state index is 0.450. The molecule has 0 spiro atoms. The van der Waals surface area contributed by atoms with E-state index < -0.39 is 30.7 Å². The molecule has 0 bridgehead atoms. The molecule has 1 saturated heterocycles. The van der Waals surface area contributed by atoms with Gasteiger partial charge in [0.05, 0.1) is 6.61 Å². The first kappa shape index (κ1) is 10.6. The van der Waals surface area contributed by atoms with E-state index in [9.17, 15) is 9.90 Å². The fraction of sp³-hybridized carbons (Fsp3) is 0.875. The molecule has 1 rings (SSSR count). The molecule has 3 atom stereocenters. The highest BCUT2D eigenvalue weighted by molar-refractivity contribution is 5.58. The second-order valence-electron chi connectivity index (χ2n) is 3.45. The quantitative estimate of drug-likeness (QED) is 0.562. The monoisotopic (exact) mass is 190 g/mol. The van der Waals surface area contributed by atoms with E-state index in [4.69, 9.17) is 14.6 Å². The first-order valence-corrected chi connectivity index (χ1v) is 4.10. The molecular weight excluding hydrogens is 176 g/mol. The Morgan fingerprint density at radius 2 is 2.15 bits per heavy atom. The van der Waals surface area contributed by atoms with E-state index in [1.165, 1.54) is 0 Å². The molecule has 1 aliphatic heterocycles. The lowest BCUT2D eigenvalue weighted by Gasteiger charge is -2.19. The molecule has 0 saturated carbocycles. The lowest BCUT2D eigenvalue weighted by atomic mass is 10.1. The number of ether oxygens (including phenoxy) is 2. The van der Waals surface area contributed by atoms with Crippen LogP contribution in [0.1, 0.15) is 13.8 Å². The van der Waals surface area contributed by atoms with E-state index >= 15 is 0 Å². The summed E-state index contributed by atoms with van der Waals surface area (Å²) in [5.74, 6) is -0.883. The topological polar surface area (TPSA) is 76.0 Å². The Labute approximate surface area is 76.3 Å². The minimum Gasteiger partial charge on any atom is -0.394 e. The Kier molecular flexibility index (Phi) is 3.02. The van der Waals surface area contributed by atoms with Crippen molar-refractivity contribution in [2.75, 3.05) is 6.61 Å². The highest BCUT2D eigenvalue weighted by Gasteiger charge is 2.44. The highest BCUT2D eigenvalue weighted by atomic mass is 16.8. The number of aldehydes is 1. The number of rotatable bonds is 3. The van der Waals surface area contributed by atoms with Crippen LogP contribution in [-0.2, 0) is 14.3 Å². The highest BCUT2D eigenvalue weighted by Crippen LogP contribution is 2.28. The van der Waals surface area contributed by atoms with Crippen LogP contribution in [0, 0.1) is 0 Å². The van der Waals surface area contributed by atoms with Crippen molar-refractivity contribution >= 4 is 6.29 Å². The molecule has 1 unspecified atom stereocenters. The number of hydrogen-bond donors (Lipinski definition) is 2. The summed E-state index contributed by atoms with van der Waals surface area (Å²) in [6.45, 7) is 2.84. The zero-order valence-electron chi connectivity index (χ0n) is 7.64. The number of carbonyl (C=O) groups is 1. The van der Waals surface area contributed by atoms with E-state index in [1.54, 1.807) is 13.8 Å². The predicted molar refractivity (Wildman–Crippen MR) is 43.0 cm³/mol. The molecule has 1 heterocycles. The van der Waals surface area contributed by atoms with Crippen LogP contribution in [0.4, 0.5) is 0 Å². The predicted octanol–water partition coefficient (Wildman–Crippen LogP) is -0.941. The maximum Gasteiger partial charge on any atom is 0.164 e. The van der Waals surface area contributed by atoms with Gasteiger partial charge in [-0.3, -0.25) is 0 Å². The summed E-state index contributed by atoms with van der Waals surface area (Å²) in [6.07, 6.45) is -2.11. The molecule has 5 heteroatoms. The number of aliphatic hydroxyl groups is 2. The van der Waals surface area contributed by atoms with Gasteiger partial charge < -0.3 is 24.5 Å². The standard InChI is InChI=1S/C8H14O5/c1-8(2)12-6(4-10)7(13-8)5(11)3-9/h4-7,9,11H,3H2,1-2H3/t5?,6-,7+/m0/s1. The Hall–Kier alpha value is -0.490. The van der Waals surface area contributed by atoms with Crippen LogP contribution in [0.15, 0.2) is 0 Å². The fourth-order valence-electron chi connectivity index (χ4n) is 1.32. The summed E-state index contributed by atoms with van der Waals surface area (Å²) in [6, 6.07) is 0. The van der Waals surface area contributed by atoms with Gasteiger partial charge in [0, 0.05) is 0 Å². The van der Waals surface area contributed by atoms with Crippen molar-refractivity contribution in [2.45, 2.75) is 37.9 Å². The van der Waals surface area contributed by atoms with Crippen LogP contribution < -0.4 is 0 Å². The van der Waals surface area contributed by atoms with Crippen LogP contribution in [-0.4, -0.2) is 47.2 Å². The molecule has 1 aliphatic rings. The van der Waals surface area contributed by atoms with Gasteiger partial charge in [0.25, 0.3) is 0 Å². The van der Waals surface area contributed by atoms with Crippen molar-refractivity contribution in [1.82, 2.24) is 0 Å². The molecule has 2 N–H and O–H groups in total. The molecule has 0 radical (unpaired) electrons. The van der Waals surface area contributed by atoms with Gasteiger partial charge in [0.15, 0.2) is 12.1 Å². The summed E-state index contributed by atoms with van der Waals surface area (Å²) in [5, 5.41) is 18.0. The molecule has 1 fully saturated rings. The van der Waals surface area contributed by atoms with Gasteiger partial charge in [-0.05, 0) is 13.8 Å². The van der Waals surface area contributed by atoms with Crippen LogP contribution in [0.2, 0.25) is 0 Å². The second kappa shape index (κ2) is 3.71. The summed E-state index contributed by atoms with van der Waals surface area (Å²) < 4.78 is 10.4. The first-order chi connectivity index (χ1) is 6.00. The summed E-state index contributed by atoms with van der Waals surface area (Å²) in [7, 11) is 0. The van der Waals surface area contributed by atoms with Crippen LogP contribution in [0.3, 0.4) is 0 Å². The maximum absolute atomic E-state index is 10.5. The minimum atomic E-state index is -1.09. The summed E-state index contributed by atoms with van der Waals surface area (Å²) in [5.41, 5.74) is 0.